The van der Waals surface area contributed by atoms with Crippen LogP contribution in [0.15, 0.2) is 12.7 Å². The van der Waals surface area contributed by atoms with Crippen molar-refractivity contribution in [3.05, 3.63) is 12.7 Å². The van der Waals surface area contributed by atoms with Gasteiger partial charge < -0.3 is 14.9 Å². The molecule has 2 atom stereocenters. The third-order valence-electron chi connectivity index (χ3n) is 2.84. The largest absolute Gasteiger partial charge is 0.465 e. The Morgan fingerprint density at radius 3 is 2.88 bits per heavy atom. The fourth-order valence-corrected chi connectivity index (χ4v) is 1.97. The Labute approximate surface area is 95.3 Å². The van der Waals surface area contributed by atoms with E-state index in [2.05, 4.69) is 6.58 Å². The number of nitrogens with zero attached hydrogens (tertiary/aromatic N) is 1. The Morgan fingerprint density at radius 1 is 1.75 bits per heavy atom. The third kappa shape index (κ3) is 2.54. The SMILES string of the molecule is C=CCCC(O)[C@@H]1COC(C)(C)N1C(=O)O. The molecule has 0 spiro atoms. The summed E-state index contributed by atoms with van der Waals surface area (Å²) in [5, 5.41) is 19.0. The van der Waals surface area contributed by atoms with Crippen molar-refractivity contribution in [2.45, 2.75) is 44.6 Å². The fourth-order valence-electron chi connectivity index (χ4n) is 1.97. The quantitative estimate of drug-likeness (QED) is 0.715. The molecule has 1 amide bonds. The van der Waals surface area contributed by atoms with E-state index < -0.39 is 24.0 Å². The first-order valence-corrected chi connectivity index (χ1v) is 5.35. The highest BCUT2D eigenvalue weighted by Crippen LogP contribution is 2.29. The molecule has 1 aliphatic heterocycles. The zero-order valence-corrected chi connectivity index (χ0v) is 9.72. The van der Waals surface area contributed by atoms with Gasteiger partial charge in [0.05, 0.1) is 18.8 Å². The van der Waals surface area contributed by atoms with E-state index in [0.29, 0.717) is 12.8 Å². The van der Waals surface area contributed by atoms with Gasteiger partial charge in [-0.2, -0.15) is 0 Å². The molecule has 92 valence electrons. The van der Waals surface area contributed by atoms with Crippen LogP contribution in [0.1, 0.15) is 26.7 Å². The second-order valence-corrected chi connectivity index (χ2v) is 4.41. The summed E-state index contributed by atoms with van der Waals surface area (Å²) < 4.78 is 5.39. The minimum atomic E-state index is -1.06. The second kappa shape index (κ2) is 4.84. The van der Waals surface area contributed by atoms with Crippen molar-refractivity contribution in [2.24, 2.45) is 0 Å². The van der Waals surface area contributed by atoms with Gasteiger partial charge in [-0.05, 0) is 26.7 Å². The van der Waals surface area contributed by atoms with Crippen molar-refractivity contribution in [1.29, 1.82) is 0 Å². The molecule has 1 aliphatic rings. The predicted octanol–water partition coefficient (Wildman–Crippen LogP) is 1.43. The molecule has 0 bridgehead atoms. The molecule has 1 saturated heterocycles. The Bertz CT molecular complexity index is 277. The Balaban J connectivity index is 2.73. The molecule has 0 aromatic rings. The first-order chi connectivity index (χ1) is 7.40. The molecule has 1 heterocycles. The first-order valence-electron chi connectivity index (χ1n) is 5.35. The molecule has 5 nitrogen and oxygen atoms in total. The number of ether oxygens (including phenoxy) is 1. The highest BCUT2D eigenvalue weighted by atomic mass is 16.5. The zero-order valence-electron chi connectivity index (χ0n) is 9.72. The maximum atomic E-state index is 11.1. The lowest BCUT2D eigenvalue weighted by molar-refractivity contribution is -0.0467. The van der Waals surface area contributed by atoms with Gasteiger partial charge in [0.15, 0.2) is 0 Å². The Kier molecular flexibility index (Phi) is 3.93. The van der Waals surface area contributed by atoms with Crippen LogP contribution < -0.4 is 0 Å². The summed E-state index contributed by atoms with van der Waals surface area (Å²) in [6, 6.07) is -0.493. The number of aliphatic hydroxyl groups is 1. The van der Waals surface area contributed by atoms with E-state index in [0.717, 1.165) is 0 Å². The number of hydrogen-bond donors (Lipinski definition) is 2. The van der Waals surface area contributed by atoms with Crippen molar-refractivity contribution in [3.8, 4) is 0 Å². The van der Waals surface area contributed by atoms with Crippen molar-refractivity contribution >= 4 is 6.09 Å². The average Bonchev–Trinajstić information content (AvgIpc) is 2.50. The summed E-state index contributed by atoms with van der Waals surface area (Å²) in [6.07, 6.45) is 1.08. The van der Waals surface area contributed by atoms with E-state index in [9.17, 15) is 9.90 Å². The highest BCUT2D eigenvalue weighted by Gasteiger charge is 2.46. The summed E-state index contributed by atoms with van der Waals surface area (Å²) in [4.78, 5) is 12.3. The van der Waals surface area contributed by atoms with Crippen molar-refractivity contribution in [1.82, 2.24) is 4.90 Å². The molecular weight excluding hydrogens is 210 g/mol. The molecule has 5 heteroatoms. The summed E-state index contributed by atoms with van der Waals surface area (Å²) in [5.41, 5.74) is -0.869. The van der Waals surface area contributed by atoms with Crippen LogP contribution >= 0.6 is 0 Å². The number of allylic oxidation sites excluding steroid dienone is 1. The molecule has 0 aliphatic carbocycles. The van der Waals surface area contributed by atoms with Gasteiger partial charge in [0, 0.05) is 0 Å². The second-order valence-electron chi connectivity index (χ2n) is 4.41. The Hall–Kier alpha value is -1.07. The minimum Gasteiger partial charge on any atom is -0.465 e. The van der Waals surface area contributed by atoms with Crippen LogP contribution in [0.4, 0.5) is 4.79 Å². The van der Waals surface area contributed by atoms with E-state index >= 15 is 0 Å². The zero-order chi connectivity index (χ0) is 12.3. The van der Waals surface area contributed by atoms with Gasteiger partial charge in [0.2, 0.25) is 0 Å². The highest BCUT2D eigenvalue weighted by molar-refractivity contribution is 5.66. The number of aliphatic hydroxyl groups excluding tert-OH is 1. The number of carbonyl (C=O) groups is 1. The van der Waals surface area contributed by atoms with Gasteiger partial charge >= 0.3 is 6.09 Å². The number of rotatable bonds is 4. The van der Waals surface area contributed by atoms with Crippen LogP contribution in [-0.2, 0) is 4.74 Å². The van der Waals surface area contributed by atoms with Gasteiger partial charge in [-0.3, -0.25) is 4.90 Å². The molecule has 16 heavy (non-hydrogen) atoms. The summed E-state index contributed by atoms with van der Waals surface area (Å²) in [6.45, 7) is 7.17. The average molecular weight is 229 g/mol. The summed E-state index contributed by atoms with van der Waals surface area (Å²) in [7, 11) is 0. The van der Waals surface area contributed by atoms with Crippen LogP contribution in [0.2, 0.25) is 0 Å². The van der Waals surface area contributed by atoms with Gasteiger partial charge in [-0.15, -0.1) is 6.58 Å². The monoisotopic (exact) mass is 229 g/mol. The molecule has 1 fully saturated rings. The lowest BCUT2D eigenvalue weighted by Gasteiger charge is -2.32. The number of carboxylic acid groups (broad SMARTS) is 1. The van der Waals surface area contributed by atoms with Crippen LogP contribution in [0.25, 0.3) is 0 Å². The molecule has 1 rings (SSSR count). The Morgan fingerprint density at radius 2 is 2.38 bits per heavy atom. The maximum Gasteiger partial charge on any atom is 0.409 e. The van der Waals surface area contributed by atoms with Crippen LogP contribution in [0.3, 0.4) is 0 Å². The molecule has 0 aromatic heterocycles. The number of amides is 1. The minimum absolute atomic E-state index is 0.234. The van der Waals surface area contributed by atoms with Gasteiger partial charge in [0.25, 0.3) is 0 Å². The van der Waals surface area contributed by atoms with E-state index in [1.165, 1.54) is 4.90 Å². The molecule has 0 aromatic carbocycles. The standard InChI is InChI=1S/C11H19NO4/c1-4-5-6-9(13)8-7-16-11(2,3)12(8)10(14)15/h4,8-9,13H,1,5-7H2,2-3H3,(H,14,15)/t8-,9?/m0/s1. The van der Waals surface area contributed by atoms with Crippen LogP contribution in [0, 0.1) is 0 Å². The smallest absolute Gasteiger partial charge is 0.409 e. The molecular formula is C11H19NO4. The lowest BCUT2D eigenvalue weighted by atomic mass is 10.1. The van der Waals surface area contributed by atoms with E-state index in [1.54, 1.807) is 19.9 Å². The predicted molar refractivity (Wildman–Crippen MR) is 59.1 cm³/mol. The maximum absolute atomic E-state index is 11.1. The van der Waals surface area contributed by atoms with E-state index in [1.807, 2.05) is 0 Å². The van der Waals surface area contributed by atoms with Crippen molar-refractivity contribution < 1.29 is 19.7 Å². The molecule has 1 unspecified atom stereocenters. The lowest BCUT2D eigenvalue weighted by Crippen LogP contribution is -2.51. The van der Waals surface area contributed by atoms with Crippen molar-refractivity contribution in [3.63, 3.8) is 0 Å². The van der Waals surface area contributed by atoms with Crippen LogP contribution in [-0.4, -0.2) is 45.7 Å². The molecule has 0 saturated carbocycles. The molecule has 2 N–H and O–H groups in total. The summed E-state index contributed by atoms with van der Waals surface area (Å²) >= 11 is 0. The van der Waals surface area contributed by atoms with Crippen LogP contribution in [0.5, 0.6) is 0 Å². The van der Waals surface area contributed by atoms with Gasteiger partial charge in [-0.1, -0.05) is 6.08 Å². The van der Waals surface area contributed by atoms with E-state index in [-0.39, 0.29) is 6.61 Å². The normalized spacial score (nSPS) is 25.4. The van der Waals surface area contributed by atoms with Crippen molar-refractivity contribution in [2.75, 3.05) is 6.61 Å². The topological polar surface area (TPSA) is 70.0 Å². The molecule has 0 radical (unpaired) electrons. The first kappa shape index (κ1) is 13.0. The third-order valence-corrected chi connectivity index (χ3v) is 2.84. The van der Waals surface area contributed by atoms with E-state index in [4.69, 9.17) is 9.84 Å². The van der Waals surface area contributed by atoms with Gasteiger partial charge in [0.1, 0.15) is 5.72 Å². The van der Waals surface area contributed by atoms with Gasteiger partial charge in [-0.25, -0.2) is 4.79 Å². The number of hydrogen-bond acceptors (Lipinski definition) is 3. The fraction of sp³-hybridized carbons (Fsp3) is 0.727. The summed E-state index contributed by atoms with van der Waals surface area (Å²) in [5.74, 6) is 0.